The summed E-state index contributed by atoms with van der Waals surface area (Å²) < 4.78 is 14.1. The molecule has 146 valence electrons. The van der Waals surface area contributed by atoms with E-state index in [0.29, 0.717) is 23.8 Å². The number of anilines is 1. The first-order chi connectivity index (χ1) is 14.2. The second-order valence-corrected chi connectivity index (χ2v) is 8.49. The molecule has 0 N–H and O–H groups in total. The molecule has 1 amide bonds. The topological polar surface area (TPSA) is 46.1 Å². The van der Waals surface area contributed by atoms with Gasteiger partial charge in [0.05, 0.1) is 22.5 Å². The first-order valence-corrected chi connectivity index (χ1v) is 10.9. The third-order valence-corrected chi connectivity index (χ3v) is 6.33. The zero-order valence-corrected chi connectivity index (χ0v) is 17.1. The van der Waals surface area contributed by atoms with Gasteiger partial charge in [0.2, 0.25) is 5.91 Å². The normalized spacial score (nSPS) is 10.9. The number of hydrogen-bond acceptors (Lipinski definition) is 5. The average Bonchev–Trinajstić information content (AvgIpc) is 3.18. The van der Waals surface area contributed by atoms with Crippen molar-refractivity contribution in [1.29, 1.82) is 0 Å². The molecule has 0 unspecified atom stereocenters. The van der Waals surface area contributed by atoms with Gasteiger partial charge in [0.1, 0.15) is 5.82 Å². The van der Waals surface area contributed by atoms with Crippen LogP contribution in [0.3, 0.4) is 0 Å². The van der Waals surface area contributed by atoms with Gasteiger partial charge in [-0.3, -0.25) is 14.7 Å². The van der Waals surface area contributed by atoms with E-state index < -0.39 is 0 Å². The Kier molecular flexibility index (Phi) is 6.17. The van der Waals surface area contributed by atoms with Gasteiger partial charge in [-0.25, -0.2) is 9.37 Å². The third-order valence-electron chi connectivity index (χ3n) is 4.26. The number of thioether (sulfide) groups is 1. The summed E-state index contributed by atoms with van der Waals surface area (Å²) in [5.74, 6) is 0.334. The van der Waals surface area contributed by atoms with Gasteiger partial charge < -0.3 is 0 Å². The fourth-order valence-corrected chi connectivity index (χ4v) is 4.64. The quantitative estimate of drug-likeness (QED) is 0.366. The van der Waals surface area contributed by atoms with Crippen LogP contribution in [-0.4, -0.2) is 21.6 Å². The maximum Gasteiger partial charge on any atom is 0.229 e. The van der Waals surface area contributed by atoms with Gasteiger partial charge in [0, 0.05) is 23.3 Å². The summed E-state index contributed by atoms with van der Waals surface area (Å²) in [5, 5.41) is 0.675. The molecule has 0 aliphatic heterocycles. The van der Waals surface area contributed by atoms with Gasteiger partial charge in [-0.05, 0) is 48.5 Å². The highest BCUT2D eigenvalue weighted by Gasteiger charge is 2.20. The zero-order chi connectivity index (χ0) is 20.1. The largest absolute Gasteiger partial charge is 0.282 e. The molecule has 2 aromatic carbocycles. The lowest BCUT2D eigenvalue weighted by atomic mass is 10.3. The van der Waals surface area contributed by atoms with Crippen LogP contribution in [0.25, 0.3) is 10.2 Å². The Balaban J connectivity index is 1.50. The van der Waals surface area contributed by atoms with E-state index in [1.165, 1.54) is 35.2 Å². The minimum Gasteiger partial charge on any atom is -0.282 e. The summed E-state index contributed by atoms with van der Waals surface area (Å²) in [5.41, 5.74) is 1.69. The van der Waals surface area contributed by atoms with Gasteiger partial charge in [0.25, 0.3) is 0 Å². The van der Waals surface area contributed by atoms with E-state index >= 15 is 0 Å². The van der Waals surface area contributed by atoms with E-state index in [1.54, 1.807) is 23.2 Å². The Labute approximate surface area is 176 Å². The van der Waals surface area contributed by atoms with Crippen molar-refractivity contribution in [2.24, 2.45) is 0 Å². The lowest BCUT2D eigenvalue weighted by Crippen LogP contribution is -2.30. The highest BCUT2D eigenvalue weighted by molar-refractivity contribution is 7.99. The molecule has 0 spiro atoms. The van der Waals surface area contributed by atoms with Gasteiger partial charge >= 0.3 is 0 Å². The van der Waals surface area contributed by atoms with Crippen molar-refractivity contribution in [2.75, 3.05) is 10.7 Å². The van der Waals surface area contributed by atoms with E-state index in [-0.39, 0.29) is 11.7 Å². The molecule has 0 fully saturated rings. The molecule has 4 rings (SSSR count). The number of fused-ring (bicyclic) bond motifs is 1. The molecule has 29 heavy (non-hydrogen) atoms. The van der Waals surface area contributed by atoms with Crippen LogP contribution in [0.1, 0.15) is 12.1 Å². The van der Waals surface area contributed by atoms with E-state index in [0.717, 1.165) is 20.8 Å². The molecular formula is C22H18FN3OS2. The number of rotatable bonds is 7. The predicted octanol–water partition coefficient (Wildman–Crippen LogP) is 5.55. The predicted molar refractivity (Wildman–Crippen MR) is 117 cm³/mol. The molecule has 7 heteroatoms. The first-order valence-electron chi connectivity index (χ1n) is 9.13. The van der Waals surface area contributed by atoms with Crippen LogP contribution in [0.4, 0.5) is 9.52 Å². The number of aromatic nitrogens is 2. The van der Waals surface area contributed by atoms with Crippen LogP contribution in [0, 0.1) is 5.82 Å². The number of thiazole rings is 1. The monoisotopic (exact) mass is 423 g/mol. The van der Waals surface area contributed by atoms with Crippen molar-refractivity contribution in [3.63, 3.8) is 0 Å². The molecule has 4 nitrogen and oxygen atoms in total. The average molecular weight is 424 g/mol. The lowest BCUT2D eigenvalue weighted by molar-refractivity contribution is -0.118. The van der Waals surface area contributed by atoms with Crippen molar-refractivity contribution in [1.82, 2.24) is 9.97 Å². The summed E-state index contributed by atoms with van der Waals surface area (Å²) >= 11 is 3.04. The van der Waals surface area contributed by atoms with Gasteiger partial charge in [0.15, 0.2) is 5.13 Å². The second-order valence-electron chi connectivity index (χ2n) is 6.32. The van der Waals surface area contributed by atoms with Crippen LogP contribution in [-0.2, 0) is 11.3 Å². The summed E-state index contributed by atoms with van der Waals surface area (Å²) in [6.07, 6.45) is 2.07. The van der Waals surface area contributed by atoms with Crippen molar-refractivity contribution in [3.8, 4) is 0 Å². The minimum atomic E-state index is -0.261. The third kappa shape index (κ3) is 4.99. The second kappa shape index (κ2) is 9.15. The Morgan fingerprint density at radius 2 is 1.83 bits per heavy atom. The van der Waals surface area contributed by atoms with Crippen LogP contribution >= 0.6 is 23.1 Å². The lowest BCUT2D eigenvalue weighted by Gasteiger charge is -2.19. The van der Waals surface area contributed by atoms with Gasteiger partial charge in [-0.1, -0.05) is 29.5 Å². The van der Waals surface area contributed by atoms with Crippen LogP contribution in [0.5, 0.6) is 0 Å². The summed E-state index contributed by atoms with van der Waals surface area (Å²) in [4.78, 5) is 24.7. The Bertz CT molecular complexity index is 1070. The number of carbonyl (C=O) groups is 1. The Hall–Kier alpha value is -2.77. The van der Waals surface area contributed by atoms with E-state index in [2.05, 4.69) is 9.97 Å². The molecule has 0 atom stereocenters. The number of halogens is 1. The Morgan fingerprint density at radius 1 is 1.03 bits per heavy atom. The van der Waals surface area contributed by atoms with E-state index in [9.17, 15) is 9.18 Å². The maximum absolute atomic E-state index is 13.1. The van der Waals surface area contributed by atoms with Crippen molar-refractivity contribution in [3.05, 3.63) is 84.4 Å². The molecule has 4 aromatic rings. The summed E-state index contributed by atoms with van der Waals surface area (Å²) in [6.45, 7) is 0.376. The van der Waals surface area contributed by atoms with Crippen molar-refractivity contribution < 1.29 is 9.18 Å². The maximum atomic E-state index is 13.1. The molecular weight excluding hydrogens is 405 g/mol. The Morgan fingerprint density at radius 3 is 2.59 bits per heavy atom. The number of nitrogens with zero attached hydrogens (tertiary/aromatic N) is 3. The number of benzene rings is 2. The van der Waals surface area contributed by atoms with Crippen LogP contribution < -0.4 is 4.90 Å². The smallest absolute Gasteiger partial charge is 0.229 e. The van der Waals surface area contributed by atoms with Crippen molar-refractivity contribution >= 4 is 44.4 Å². The molecule has 2 aromatic heterocycles. The molecule has 0 radical (unpaired) electrons. The van der Waals surface area contributed by atoms with Crippen LogP contribution in [0.15, 0.2) is 77.8 Å². The van der Waals surface area contributed by atoms with E-state index in [1.807, 2.05) is 42.5 Å². The summed E-state index contributed by atoms with van der Waals surface area (Å²) in [7, 11) is 0. The van der Waals surface area contributed by atoms with Crippen LogP contribution in [0.2, 0.25) is 0 Å². The number of pyridine rings is 1. The van der Waals surface area contributed by atoms with Crippen molar-refractivity contribution in [2.45, 2.75) is 17.9 Å². The molecule has 0 saturated heterocycles. The number of para-hydroxylation sites is 1. The minimum absolute atomic E-state index is 0.00989. The molecule has 0 aliphatic carbocycles. The number of amides is 1. The SMILES string of the molecule is O=C(CCSc1ccc(F)cc1)N(Cc1ccccn1)c1nc2ccccc2s1. The fraction of sp³-hybridized carbons (Fsp3) is 0.136. The van der Waals surface area contributed by atoms with E-state index in [4.69, 9.17) is 0 Å². The van der Waals surface area contributed by atoms with Gasteiger partial charge in [-0.15, -0.1) is 11.8 Å². The standard InChI is InChI=1S/C22H18FN3OS2/c23-16-8-10-18(11-9-16)28-14-12-21(27)26(15-17-5-3-4-13-24-17)22-25-19-6-1-2-7-20(19)29-22/h1-11,13H,12,14-15H2. The summed E-state index contributed by atoms with van der Waals surface area (Å²) in [6, 6.07) is 19.8. The molecule has 0 bridgehead atoms. The van der Waals surface area contributed by atoms with Gasteiger partial charge in [-0.2, -0.15) is 0 Å². The fourth-order valence-electron chi connectivity index (χ4n) is 2.81. The highest BCUT2D eigenvalue weighted by Crippen LogP contribution is 2.30. The number of carbonyl (C=O) groups excluding carboxylic acids is 1. The molecule has 2 heterocycles. The zero-order valence-electron chi connectivity index (χ0n) is 15.5. The number of hydrogen-bond donors (Lipinski definition) is 0. The molecule has 0 aliphatic rings. The highest BCUT2D eigenvalue weighted by atomic mass is 32.2. The first kappa shape index (κ1) is 19.5. The molecule has 0 saturated carbocycles.